The number of morpholine rings is 1. The van der Waals surface area contributed by atoms with E-state index in [2.05, 4.69) is 24.7 Å². The van der Waals surface area contributed by atoms with E-state index in [1.165, 1.54) is 30.7 Å². The fraction of sp³-hybridized carbons (Fsp3) is 0.286. The van der Waals surface area contributed by atoms with Crippen molar-refractivity contribution < 1.29 is 26.7 Å². The molecular weight excluding hydrogens is 502 g/mol. The van der Waals surface area contributed by atoms with Gasteiger partial charge in [0.2, 0.25) is 10.8 Å². The van der Waals surface area contributed by atoms with Gasteiger partial charge in [-0.05, 0) is 18.2 Å². The van der Waals surface area contributed by atoms with E-state index in [9.17, 15) is 17.2 Å². The molecule has 3 aromatic heterocycles. The maximum atomic E-state index is 14.1. The van der Waals surface area contributed by atoms with Crippen molar-refractivity contribution in [3.8, 4) is 16.5 Å². The van der Waals surface area contributed by atoms with Crippen LogP contribution in [-0.4, -0.2) is 66.3 Å². The lowest BCUT2D eigenvalue weighted by Gasteiger charge is -2.25. The van der Waals surface area contributed by atoms with Crippen LogP contribution >= 0.6 is 11.3 Å². The van der Waals surface area contributed by atoms with Crippen molar-refractivity contribution in [3.05, 3.63) is 54.0 Å². The summed E-state index contributed by atoms with van der Waals surface area (Å²) in [5, 5.41) is 5.19. The number of hydrogen-bond acceptors (Lipinski definition) is 9. The predicted octanol–water partition coefficient (Wildman–Crippen LogP) is 2.77. The normalized spacial score (nSPS) is 14.9. The molecule has 0 unspecified atom stereocenters. The van der Waals surface area contributed by atoms with Crippen LogP contribution in [0.1, 0.15) is 5.69 Å². The molecule has 1 aliphatic rings. The highest BCUT2D eigenvalue weighted by atomic mass is 32.2. The maximum Gasteiger partial charge on any atom is 0.264 e. The molecule has 1 aromatic carbocycles. The van der Waals surface area contributed by atoms with E-state index in [0.717, 1.165) is 30.9 Å². The van der Waals surface area contributed by atoms with Gasteiger partial charge in [-0.25, -0.2) is 31.7 Å². The molecular formula is C21H20F2N6O4S2. The van der Waals surface area contributed by atoms with Gasteiger partial charge in [0.25, 0.3) is 10.0 Å². The van der Waals surface area contributed by atoms with Gasteiger partial charge in [0, 0.05) is 37.5 Å². The maximum absolute atomic E-state index is 14.1. The number of methoxy groups -OCH3 is 1. The molecule has 0 spiro atoms. The Labute approximate surface area is 203 Å². The number of anilines is 1. The summed E-state index contributed by atoms with van der Waals surface area (Å²) in [7, 11) is -3.06. The van der Waals surface area contributed by atoms with Crippen LogP contribution in [0.5, 0.6) is 5.88 Å². The molecule has 0 radical (unpaired) electrons. The third kappa shape index (κ3) is 4.82. The number of sulfonamides is 1. The Bertz CT molecular complexity index is 1480. The van der Waals surface area contributed by atoms with Crippen LogP contribution in [0.25, 0.3) is 15.5 Å². The number of imidazole rings is 1. The molecule has 14 heteroatoms. The van der Waals surface area contributed by atoms with E-state index in [4.69, 9.17) is 9.47 Å². The van der Waals surface area contributed by atoms with E-state index in [1.807, 2.05) is 0 Å². The van der Waals surface area contributed by atoms with Crippen LogP contribution in [0, 0.1) is 11.6 Å². The van der Waals surface area contributed by atoms with Crippen LogP contribution in [0.15, 0.2) is 41.6 Å². The highest BCUT2D eigenvalue weighted by molar-refractivity contribution is 7.92. The van der Waals surface area contributed by atoms with Gasteiger partial charge in [0.15, 0.2) is 0 Å². The second-order valence-corrected chi connectivity index (χ2v) is 10.3. The van der Waals surface area contributed by atoms with Crippen molar-refractivity contribution in [3.63, 3.8) is 0 Å². The van der Waals surface area contributed by atoms with Gasteiger partial charge in [-0.2, -0.15) is 5.10 Å². The highest BCUT2D eigenvalue weighted by Crippen LogP contribution is 2.33. The van der Waals surface area contributed by atoms with E-state index in [-0.39, 0.29) is 11.6 Å². The van der Waals surface area contributed by atoms with Crippen molar-refractivity contribution in [2.45, 2.75) is 11.4 Å². The average Bonchev–Trinajstić information content (AvgIpc) is 3.41. The number of ether oxygens (including phenoxy) is 2. The Balaban J connectivity index is 1.45. The summed E-state index contributed by atoms with van der Waals surface area (Å²) < 4.78 is 67.5. The first-order valence-electron chi connectivity index (χ1n) is 10.5. The van der Waals surface area contributed by atoms with Crippen LogP contribution in [0.4, 0.5) is 14.5 Å². The molecule has 0 atom stereocenters. The number of benzene rings is 1. The number of aromatic nitrogens is 4. The average molecular weight is 523 g/mol. The summed E-state index contributed by atoms with van der Waals surface area (Å²) in [5.74, 6) is -2.12. The molecule has 184 valence electrons. The summed E-state index contributed by atoms with van der Waals surface area (Å²) in [6, 6.07) is 3.71. The van der Waals surface area contributed by atoms with Gasteiger partial charge < -0.3 is 9.47 Å². The van der Waals surface area contributed by atoms with Gasteiger partial charge in [0.05, 0.1) is 32.2 Å². The molecule has 1 N–H and O–H groups in total. The monoisotopic (exact) mass is 522 g/mol. The Hall–Kier alpha value is -3.20. The molecule has 35 heavy (non-hydrogen) atoms. The van der Waals surface area contributed by atoms with Crippen molar-refractivity contribution in [2.24, 2.45) is 0 Å². The topological polar surface area (TPSA) is 111 Å². The van der Waals surface area contributed by atoms with Crippen LogP contribution in [0.3, 0.4) is 0 Å². The van der Waals surface area contributed by atoms with Gasteiger partial charge >= 0.3 is 0 Å². The van der Waals surface area contributed by atoms with Crippen LogP contribution in [0.2, 0.25) is 0 Å². The first kappa shape index (κ1) is 23.5. The first-order chi connectivity index (χ1) is 16.8. The van der Waals surface area contributed by atoms with Crippen molar-refractivity contribution in [2.75, 3.05) is 38.1 Å². The third-order valence-corrected chi connectivity index (χ3v) is 7.73. The van der Waals surface area contributed by atoms with Gasteiger partial charge in [-0.1, -0.05) is 11.3 Å². The molecule has 1 saturated heterocycles. The lowest BCUT2D eigenvalue weighted by atomic mass is 10.3. The Morgan fingerprint density at radius 1 is 1.17 bits per heavy atom. The fourth-order valence-electron chi connectivity index (χ4n) is 3.65. The minimum atomic E-state index is -4.39. The zero-order chi connectivity index (χ0) is 24.6. The molecule has 5 rings (SSSR count). The Morgan fingerprint density at radius 2 is 1.97 bits per heavy atom. The number of pyridine rings is 1. The zero-order valence-corrected chi connectivity index (χ0v) is 20.1. The summed E-state index contributed by atoms with van der Waals surface area (Å²) in [5.41, 5.74) is 1.41. The van der Waals surface area contributed by atoms with Crippen molar-refractivity contribution >= 4 is 32.0 Å². The number of fused-ring (bicyclic) bond motifs is 1. The van der Waals surface area contributed by atoms with Crippen molar-refractivity contribution in [1.29, 1.82) is 0 Å². The molecule has 1 fully saturated rings. The number of hydrogen-bond donors (Lipinski definition) is 1. The van der Waals surface area contributed by atoms with Gasteiger partial charge in [0.1, 0.15) is 27.2 Å². The lowest BCUT2D eigenvalue weighted by molar-refractivity contribution is 0.0334. The van der Waals surface area contributed by atoms with E-state index >= 15 is 0 Å². The third-order valence-electron chi connectivity index (χ3n) is 5.36. The Kier molecular flexibility index (Phi) is 6.35. The smallest absolute Gasteiger partial charge is 0.264 e. The summed E-state index contributed by atoms with van der Waals surface area (Å²) in [6.45, 7) is 3.68. The largest absolute Gasteiger partial charge is 0.480 e. The number of rotatable bonds is 7. The van der Waals surface area contributed by atoms with E-state index < -0.39 is 26.6 Å². The molecule has 1 aliphatic heterocycles. The van der Waals surface area contributed by atoms with Crippen LogP contribution < -0.4 is 9.46 Å². The number of halogens is 2. The summed E-state index contributed by atoms with van der Waals surface area (Å²) in [6.07, 6.45) is 3.27. The number of nitrogens with zero attached hydrogens (tertiary/aromatic N) is 5. The predicted molar refractivity (Wildman–Crippen MR) is 124 cm³/mol. The van der Waals surface area contributed by atoms with Gasteiger partial charge in [-0.3, -0.25) is 9.62 Å². The zero-order valence-electron chi connectivity index (χ0n) is 18.4. The van der Waals surface area contributed by atoms with E-state index in [1.54, 1.807) is 10.7 Å². The van der Waals surface area contributed by atoms with Crippen molar-refractivity contribution in [1.82, 2.24) is 24.5 Å². The molecule has 0 amide bonds. The fourth-order valence-corrected chi connectivity index (χ4v) is 5.63. The molecule has 0 aliphatic carbocycles. The SMILES string of the molecule is COc1ncc(-c2nn3c(CN4CCOCC4)cnc3s2)cc1NS(=O)(=O)c1ccc(F)cc1F. The molecule has 10 nitrogen and oxygen atoms in total. The molecule has 4 heterocycles. The van der Waals surface area contributed by atoms with E-state index in [0.29, 0.717) is 41.4 Å². The summed E-state index contributed by atoms with van der Waals surface area (Å²) >= 11 is 1.31. The molecule has 0 saturated carbocycles. The van der Waals surface area contributed by atoms with Gasteiger partial charge in [-0.15, -0.1) is 0 Å². The first-order valence-corrected chi connectivity index (χ1v) is 12.8. The second kappa shape index (κ2) is 9.45. The second-order valence-electron chi connectivity index (χ2n) is 7.70. The molecule has 4 aromatic rings. The lowest BCUT2D eigenvalue weighted by Crippen LogP contribution is -2.36. The summed E-state index contributed by atoms with van der Waals surface area (Å²) in [4.78, 5) is 10.8. The highest BCUT2D eigenvalue weighted by Gasteiger charge is 2.23. The minimum absolute atomic E-state index is 0.0184. The Morgan fingerprint density at radius 3 is 2.71 bits per heavy atom. The minimum Gasteiger partial charge on any atom is -0.480 e. The van der Waals surface area contributed by atoms with Crippen LogP contribution in [-0.2, 0) is 21.3 Å². The number of nitrogens with one attached hydrogen (secondary N) is 1. The molecule has 0 bridgehead atoms. The standard InChI is InChI=1S/C21H20F2N6O4S2/c1-32-19-17(27-35(30,31)18-3-2-14(22)9-16(18)23)8-13(10-24-19)20-26-29-15(11-25-21(29)34-20)12-28-4-6-33-7-5-28/h2-3,8-11,27H,4-7,12H2,1H3. The quantitative estimate of drug-likeness (QED) is 0.395.